The van der Waals surface area contributed by atoms with Crippen molar-refractivity contribution in [2.24, 2.45) is 11.8 Å². The molecular formula is C14H20O4. The predicted octanol–water partition coefficient (Wildman–Crippen LogP) is 1.51. The first-order valence-electron chi connectivity index (χ1n) is 7.02. The third-order valence-electron chi connectivity index (χ3n) is 4.26. The average Bonchev–Trinajstić information content (AvgIpc) is 3.25. The number of ether oxygens (including phenoxy) is 2. The quantitative estimate of drug-likeness (QED) is 0.672. The summed E-state index contributed by atoms with van der Waals surface area (Å²) in [6.45, 7) is 1.43. The van der Waals surface area contributed by atoms with Gasteiger partial charge in [0.15, 0.2) is 0 Å². The summed E-state index contributed by atoms with van der Waals surface area (Å²) >= 11 is 0. The average molecular weight is 252 g/mol. The van der Waals surface area contributed by atoms with Gasteiger partial charge in [0.2, 0.25) is 0 Å². The Morgan fingerprint density at radius 3 is 1.56 bits per heavy atom. The molecule has 0 amide bonds. The van der Waals surface area contributed by atoms with Crippen LogP contribution in [0.5, 0.6) is 0 Å². The van der Waals surface area contributed by atoms with Crippen LogP contribution in [0.15, 0.2) is 0 Å². The molecule has 18 heavy (non-hydrogen) atoms. The number of ketones is 2. The normalized spacial score (nSPS) is 38.2. The second-order valence-corrected chi connectivity index (χ2v) is 5.75. The van der Waals surface area contributed by atoms with Crippen LogP contribution >= 0.6 is 0 Å². The van der Waals surface area contributed by atoms with E-state index in [2.05, 4.69) is 0 Å². The van der Waals surface area contributed by atoms with Gasteiger partial charge < -0.3 is 9.47 Å². The highest BCUT2D eigenvalue weighted by atomic mass is 16.6. The molecule has 2 saturated heterocycles. The number of Topliss-reactive ketones (excluding diaryl/α,β-unsaturated/α-hetero) is 2. The second kappa shape index (κ2) is 5.10. The summed E-state index contributed by atoms with van der Waals surface area (Å²) in [5, 5.41) is 0. The molecule has 1 aliphatic carbocycles. The maximum absolute atomic E-state index is 12.2. The molecule has 4 nitrogen and oxygen atoms in total. The van der Waals surface area contributed by atoms with E-state index < -0.39 is 0 Å². The minimum Gasteiger partial charge on any atom is -0.373 e. The van der Waals surface area contributed by atoms with Crippen molar-refractivity contribution in [2.45, 2.75) is 50.7 Å². The van der Waals surface area contributed by atoms with Crippen molar-refractivity contribution >= 4 is 11.6 Å². The van der Waals surface area contributed by atoms with Crippen molar-refractivity contribution in [1.82, 2.24) is 0 Å². The highest BCUT2D eigenvalue weighted by Gasteiger charge is 2.39. The molecule has 4 atom stereocenters. The molecule has 3 fully saturated rings. The Bertz CT molecular complexity index is 310. The maximum atomic E-state index is 12.2. The number of carbonyl (C=O) groups is 2. The summed E-state index contributed by atoms with van der Waals surface area (Å²) in [5.41, 5.74) is 0. The van der Waals surface area contributed by atoms with Gasteiger partial charge in [0.1, 0.15) is 11.6 Å². The second-order valence-electron chi connectivity index (χ2n) is 5.75. The maximum Gasteiger partial charge on any atom is 0.139 e. The SMILES string of the molecule is O=C(CC1CO1)C1CCCCC1C(=O)CC1CO1. The van der Waals surface area contributed by atoms with Crippen LogP contribution in [0.2, 0.25) is 0 Å². The van der Waals surface area contributed by atoms with Gasteiger partial charge >= 0.3 is 0 Å². The monoisotopic (exact) mass is 252 g/mol. The van der Waals surface area contributed by atoms with E-state index in [1.165, 1.54) is 0 Å². The minimum absolute atomic E-state index is 0.0470. The van der Waals surface area contributed by atoms with Crippen molar-refractivity contribution < 1.29 is 19.1 Å². The van der Waals surface area contributed by atoms with E-state index >= 15 is 0 Å². The van der Waals surface area contributed by atoms with Gasteiger partial charge in [-0.25, -0.2) is 0 Å². The van der Waals surface area contributed by atoms with Crippen molar-refractivity contribution in [3.05, 3.63) is 0 Å². The number of epoxide rings is 2. The molecule has 0 bridgehead atoms. The summed E-state index contributed by atoms with van der Waals surface area (Å²) < 4.78 is 10.2. The van der Waals surface area contributed by atoms with Crippen LogP contribution in [-0.4, -0.2) is 37.0 Å². The number of rotatable bonds is 6. The summed E-state index contributed by atoms with van der Waals surface area (Å²) in [6, 6.07) is 0. The first kappa shape index (κ1) is 12.3. The summed E-state index contributed by atoms with van der Waals surface area (Å²) in [7, 11) is 0. The third-order valence-corrected chi connectivity index (χ3v) is 4.26. The van der Waals surface area contributed by atoms with Crippen molar-refractivity contribution in [3.63, 3.8) is 0 Å². The number of carbonyl (C=O) groups excluding carboxylic acids is 2. The van der Waals surface area contributed by atoms with Crippen molar-refractivity contribution in [2.75, 3.05) is 13.2 Å². The topological polar surface area (TPSA) is 59.2 Å². The molecule has 2 heterocycles. The van der Waals surface area contributed by atoms with Crippen LogP contribution in [0.3, 0.4) is 0 Å². The highest BCUT2D eigenvalue weighted by molar-refractivity contribution is 5.90. The zero-order valence-electron chi connectivity index (χ0n) is 10.6. The summed E-state index contributed by atoms with van der Waals surface area (Å²) in [5.74, 6) is 0.392. The zero-order chi connectivity index (χ0) is 12.5. The first-order chi connectivity index (χ1) is 8.74. The van der Waals surface area contributed by atoms with Crippen LogP contribution in [0, 0.1) is 11.8 Å². The molecule has 0 N–H and O–H groups in total. The lowest BCUT2D eigenvalue weighted by atomic mass is 9.73. The minimum atomic E-state index is -0.0470. The lowest BCUT2D eigenvalue weighted by Gasteiger charge is -2.29. The zero-order valence-corrected chi connectivity index (χ0v) is 10.6. The van der Waals surface area contributed by atoms with E-state index in [-0.39, 0.29) is 35.6 Å². The molecule has 4 unspecified atom stereocenters. The summed E-state index contributed by atoms with van der Waals surface area (Å²) in [4.78, 5) is 24.4. The van der Waals surface area contributed by atoms with Gasteiger partial charge in [-0.05, 0) is 12.8 Å². The van der Waals surface area contributed by atoms with E-state index in [9.17, 15) is 9.59 Å². The predicted molar refractivity (Wildman–Crippen MR) is 64.2 cm³/mol. The fourth-order valence-corrected chi connectivity index (χ4v) is 3.02. The molecule has 4 heteroatoms. The van der Waals surface area contributed by atoms with Gasteiger partial charge in [-0.3, -0.25) is 9.59 Å². The Morgan fingerprint density at radius 2 is 1.22 bits per heavy atom. The van der Waals surface area contributed by atoms with Crippen LogP contribution in [0.4, 0.5) is 0 Å². The van der Waals surface area contributed by atoms with Crippen LogP contribution in [0.25, 0.3) is 0 Å². The van der Waals surface area contributed by atoms with Crippen molar-refractivity contribution in [3.8, 4) is 0 Å². The Labute approximate surface area is 107 Å². The van der Waals surface area contributed by atoms with E-state index in [1.54, 1.807) is 0 Å². The first-order valence-corrected chi connectivity index (χ1v) is 7.02. The molecule has 0 aromatic rings. The largest absolute Gasteiger partial charge is 0.373 e. The van der Waals surface area contributed by atoms with Gasteiger partial charge in [-0.1, -0.05) is 12.8 Å². The molecule has 2 aliphatic heterocycles. The molecule has 3 rings (SSSR count). The molecule has 3 aliphatic rings. The number of hydrogen-bond acceptors (Lipinski definition) is 4. The number of hydrogen-bond donors (Lipinski definition) is 0. The van der Waals surface area contributed by atoms with Gasteiger partial charge in [0, 0.05) is 24.7 Å². The highest BCUT2D eigenvalue weighted by Crippen LogP contribution is 2.35. The Balaban J connectivity index is 1.60. The fourth-order valence-electron chi connectivity index (χ4n) is 3.02. The summed E-state index contributed by atoms with van der Waals surface area (Å²) in [6.07, 6.45) is 5.21. The Morgan fingerprint density at radius 1 is 0.833 bits per heavy atom. The Kier molecular flexibility index (Phi) is 3.48. The molecular weight excluding hydrogens is 232 g/mol. The molecule has 100 valence electrons. The lowest BCUT2D eigenvalue weighted by molar-refractivity contribution is -0.134. The van der Waals surface area contributed by atoms with Crippen LogP contribution < -0.4 is 0 Å². The fraction of sp³-hybridized carbons (Fsp3) is 0.857. The van der Waals surface area contributed by atoms with E-state index in [4.69, 9.17) is 9.47 Å². The molecule has 0 aromatic carbocycles. The van der Waals surface area contributed by atoms with Crippen molar-refractivity contribution in [1.29, 1.82) is 0 Å². The third kappa shape index (κ3) is 2.98. The van der Waals surface area contributed by atoms with Gasteiger partial charge in [0.05, 0.1) is 25.4 Å². The van der Waals surface area contributed by atoms with Gasteiger partial charge in [0.25, 0.3) is 0 Å². The van der Waals surface area contributed by atoms with Crippen LogP contribution in [0.1, 0.15) is 38.5 Å². The smallest absolute Gasteiger partial charge is 0.139 e. The molecule has 0 radical (unpaired) electrons. The van der Waals surface area contributed by atoms with E-state index in [0.717, 1.165) is 25.7 Å². The Hall–Kier alpha value is -0.740. The van der Waals surface area contributed by atoms with E-state index in [0.29, 0.717) is 26.1 Å². The standard InChI is InChI=1S/C14H20O4/c15-13(5-9-7-17-9)11-3-1-2-4-12(11)14(16)6-10-8-18-10/h9-12H,1-8H2. The van der Waals surface area contributed by atoms with Crippen LogP contribution in [-0.2, 0) is 19.1 Å². The molecule has 0 spiro atoms. The van der Waals surface area contributed by atoms with E-state index in [1.807, 2.05) is 0 Å². The van der Waals surface area contributed by atoms with Gasteiger partial charge in [-0.2, -0.15) is 0 Å². The lowest BCUT2D eigenvalue weighted by Crippen LogP contribution is -2.33. The van der Waals surface area contributed by atoms with Gasteiger partial charge in [-0.15, -0.1) is 0 Å². The molecule has 1 saturated carbocycles. The molecule has 0 aromatic heterocycles.